The van der Waals surface area contributed by atoms with E-state index < -0.39 is 0 Å². The van der Waals surface area contributed by atoms with Crippen molar-refractivity contribution >= 4 is 23.3 Å². The van der Waals surface area contributed by atoms with Crippen molar-refractivity contribution in [2.45, 2.75) is 33.1 Å². The van der Waals surface area contributed by atoms with Gasteiger partial charge in [-0.1, -0.05) is 6.92 Å². The third-order valence-corrected chi connectivity index (χ3v) is 4.58. The van der Waals surface area contributed by atoms with Crippen LogP contribution in [-0.4, -0.2) is 42.4 Å². The van der Waals surface area contributed by atoms with Crippen molar-refractivity contribution in [2.75, 3.05) is 25.2 Å². The number of ketones is 1. The number of hydrogen-bond acceptors (Lipinski definition) is 5. The van der Waals surface area contributed by atoms with Crippen molar-refractivity contribution in [3.05, 3.63) is 17.7 Å². The second-order valence-electron chi connectivity index (χ2n) is 6.41. The van der Waals surface area contributed by atoms with Gasteiger partial charge in [0.05, 0.1) is 5.69 Å². The Labute approximate surface area is 146 Å². The first-order valence-electron chi connectivity index (χ1n) is 8.50. The van der Waals surface area contributed by atoms with Gasteiger partial charge in [0.25, 0.3) is 0 Å². The zero-order chi connectivity index (χ0) is 18.0. The minimum atomic E-state index is -0.169. The van der Waals surface area contributed by atoms with Crippen LogP contribution < -0.4 is 14.8 Å². The first-order valence-corrected chi connectivity index (χ1v) is 8.50. The summed E-state index contributed by atoms with van der Waals surface area (Å²) in [7, 11) is 0. The van der Waals surface area contributed by atoms with Gasteiger partial charge >= 0.3 is 0 Å². The topological polar surface area (TPSA) is 84.9 Å². The van der Waals surface area contributed by atoms with Gasteiger partial charge in [0.15, 0.2) is 17.3 Å². The number of Topliss-reactive ketones (excluding diaryl/α,β-unsaturated/α-hetero) is 1. The van der Waals surface area contributed by atoms with E-state index in [2.05, 4.69) is 5.32 Å². The van der Waals surface area contributed by atoms with E-state index in [4.69, 9.17) is 9.47 Å². The lowest BCUT2D eigenvalue weighted by atomic mass is 10.0. The molecule has 0 saturated carbocycles. The molecule has 1 aromatic rings. The van der Waals surface area contributed by atoms with Gasteiger partial charge in [-0.3, -0.25) is 14.4 Å². The van der Waals surface area contributed by atoms with Crippen LogP contribution in [0.3, 0.4) is 0 Å². The molecule has 2 amide bonds. The first kappa shape index (κ1) is 17.3. The Bertz CT molecular complexity index is 716. The fraction of sp³-hybridized carbons (Fsp3) is 0.500. The van der Waals surface area contributed by atoms with Crippen LogP contribution in [0.2, 0.25) is 0 Å². The van der Waals surface area contributed by atoms with Gasteiger partial charge in [0.2, 0.25) is 18.6 Å². The molecule has 1 unspecified atom stereocenters. The van der Waals surface area contributed by atoms with Gasteiger partial charge in [-0.15, -0.1) is 0 Å². The summed E-state index contributed by atoms with van der Waals surface area (Å²) in [5, 5.41) is 2.81. The molecule has 7 heteroatoms. The summed E-state index contributed by atoms with van der Waals surface area (Å²) in [6, 6.07) is 3.22. The normalized spacial score (nSPS) is 18.3. The SMILES string of the molecule is CCC(=O)N1CCC(CC(=O)Nc2cc3c(cc2C(C)=O)OCO3)C1. The smallest absolute Gasteiger partial charge is 0.231 e. The molecule has 2 aliphatic rings. The predicted molar refractivity (Wildman–Crippen MR) is 90.8 cm³/mol. The molecular weight excluding hydrogens is 324 g/mol. The van der Waals surface area contributed by atoms with Crippen LogP contribution in [0.4, 0.5) is 5.69 Å². The highest BCUT2D eigenvalue weighted by atomic mass is 16.7. The van der Waals surface area contributed by atoms with Crippen molar-refractivity contribution < 1.29 is 23.9 Å². The zero-order valence-electron chi connectivity index (χ0n) is 14.5. The van der Waals surface area contributed by atoms with Crippen molar-refractivity contribution in [1.82, 2.24) is 4.90 Å². The summed E-state index contributed by atoms with van der Waals surface area (Å²) in [5.41, 5.74) is 0.827. The molecule has 2 aliphatic heterocycles. The van der Waals surface area contributed by atoms with Gasteiger partial charge in [0, 0.05) is 37.6 Å². The van der Waals surface area contributed by atoms with E-state index in [0.717, 1.165) is 6.42 Å². The van der Waals surface area contributed by atoms with Crippen LogP contribution in [0.25, 0.3) is 0 Å². The van der Waals surface area contributed by atoms with Crippen molar-refractivity contribution in [2.24, 2.45) is 5.92 Å². The number of nitrogens with zero attached hydrogens (tertiary/aromatic N) is 1. The molecule has 0 spiro atoms. The van der Waals surface area contributed by atoms with Crippen LogP contribution in [0.1, 0.15) is 43.5 Å². The largest absolute Gasteiger partial charge is 0.454 e. The van der Waals surface area contributed by atoms with E-state index in [1.807, 2.05) is 6.92 Å². The van der Waals surface area contributed by atoms with E-state index in [1.165, 1.54) is 6.92 Å². The van der Waals surface area contributed by atoms with E-state index in [0.29, 0.717) is 48.7 Å². The summed E-state index contributed by atoms with van der Waals surface area (Å²) >= 11 is 0. The first-order chi connectivity index (χ1) is 12.0. The quantitative estimate of drug-likeness (QED) is 0.826. The number of carbonyl (C=O) groups is 3. The number of anilines is 1. The maximum Gasteiger partial charge on any atom is 0.231 e. The lowest BCUT2D eigenvalue weighted by molar-refractivity contribution is -0.130. The third-order valence-electron chi connectivity index (χ3n) is 4.58. The number of carbonyl (C=O) groups excluding carboxylic acids is 3. The number of amides is 2. The summed E-state index contributed by atoms with van der Waals surface area (Å²) in [6.45, 7) is 4.70. The van der Waals surface area contributed by atoms with Crippen molar-refractivity contribution in [1.29, 1.82) is 0 Å². The molecule has 1 aromatic carbocycles. The Morgan fingerprint density at radius 1 is 1.24 bits per heavy atom. The molecule has 0 aliphatic carbocycles. The Hall–Kier alpha value is -2.57. The summed E-state index contributed by atoms with van der Waals surface area (Å²) in [4.78, 5) is 37.8. The molecule has 7 nitrogen and oxygen atoms in total. The second-order valence-corrected chi connectivity index (χ2v) is 6.41. The van der Waals surface area contributed by atoms with E-state index in [-0.39, 0.29) is 30.3 Å². The molecule has 0 aromatic heterocycles. The highest BCUT2D eigenvalue weighted by molar-refractivity contribution is 6.04. The molecule has 1 atom stereocenters. The highest BCUT2D eigenvalue weighted by Gasteiger charge is 2.27. The van der Waals surface area contributed by atoms with Gasteiger partial charge in [-0.25, -0.2) is 0 Å². The number of benzene rings is 1. The number of hydrogen-bond donors (Lipinski definition) is 1. The highest BCUT2D eigenvalue weighted by Crippen LogP contribution is 2.37. The van der Waals surface area contributed by atoms with Gasteiger partial charge < -0.3 is 19.7 Å². The van der Waals surface area contributed by atoms with Crippen molar-refractivity contribution in [3.63, 3.8) is 0 Å². The summed E-state index contributed by atoms with van der Waals surface area (Å²) in [5.74, 6) is 0.961. The molecular formula is C18H22N2O5. The van der Waals surface area contributed by atoms with Crippen molar-refractivity contribution in [3.8, 4) is 11.5 Å². The fourth-order valence-electron chi connectivity index (χ4n) is 3.25. The molecule has 2 heterocycles. The molecule has 134 valence electrons. The zero-order valence-corrected chi connectivity index (χ0v) is 14.5. The van der Waals surface area contributed by atoms with Gasteiger partial charge in [-0.2, -0.15) is 0 Å². The maximum atomic E-state index is 12.4. The third kappa shape index (κ3) is 3.75. The number of likely N-dealkylation sites (tertiary alicyclic amines) is 1. The Balaban J connectivity index is 1.65. The lowest BCUT2D eigenvalue weighted by Crippen LogP contribution is -2.28. The van der Waals surface area contributed by atoms with E-state index in [1.54, 1.807) is 17.0 Å². The van der Waals surface area contributed by atoms with E-state index >= 15 is 0 Å². The van der Waals surface area contributed by atoms with Crippen LogP contribution in [-0.2, 0) is 9.59 Å². The molecule has 1 saturated heterocycles. The molecule has 25 heavy (non-hydrogen) atoms. The molecule has 1 fully saturated rings. The van der Waals surface area contributed by atoms with E-state index in [9.17, 15) is 14.4 Å². The summed E-state index contributed by atoms with van der Waals surface area (Å²) in [6.07, 6.45) is 1.62. The van der Waals surface area contributed by atoms with Gasteiger partial charge in [0.1, 0.15) is 0 Å². The summed E-state index contributed by atoms with van der Waals surface area (Å²) < 4.78 is 10.6. The van der Waals surface area contributed by atoms with Crippen LogP contribution in [0, 0.1) is 5.92 Å². The molecule has 0 radical (unpaired) electrons. The van der Waals surface area contributed by atoms with Crippen LogP contribution in [0.15, 0.2) is 12.1 Å². The molecule has 0 bridgehead atoms. The predicted octanol–water partition coefficient (Wildman–Crippen LogP) is 2.21. The maximum absolute atomic E-state index is 12.4. The number of fused-ring (bicyclic) bond motifs is 1. The average molecular weight is 346 g/mol. The second kappa shape index (κ2) is 7.13. The Morgan fingerprint density at radius 2 is 1.96 bits per heavy atom. The Kier molecular flexibility index (Phi) is 4.92. The van der Waals surface area contributed by atoms with Crippen LogP contribution in [0.5, 0.6) is 11.5 Å². The minimum absolute atomic E-state index is 0.105. The minimum Gasteiger partial charge on any atom is -0.454 e. The average Bonchev–Trinajstić information content (AvgIpc) is 3.21. The molecule has 3 rings (SSSR count). The number of nitrogens with one attached hydrogen (secondary N) is 1. The van der Waals surface area contributed by atoms with Gasteiger partial charge in [-0.05, 0) is 25.3 Å². The number of rotatable bonds is 5. The number of ether oxygens (including phenoxy) is 2. The Morgan fingerprint density at radius 3 is 2.64 bits per heavy atom. The monoisotopic (exact) mass is 346 g/mol. The fourth-order valence-corrected chi connectivity index (χ4v) is 3.25. The van der Waals surface area contributed by atoms with Crippen LogP contribution >= 0.6 is 0 Å². The standard InChI is InChI=1S/C18H22N2O5/c1-3-18(23)20-5-4-12(9-20)6-17(22)19-14-8-16-15(24-10-25-16)7-13(14)11(2)21/h7-8,12H,3-6,9-10H2,1-2H3,(H,19,22). The lowest BCUT2D eigenvalue weighted by Gasteiger charge is -2.16. The molecule has 1 N–H and O–H groups in total.